The number of hydrogen-bond donors (Lipinski definition) is 0. The summed E-state index contributed by atoms with van der Waals surface area (Å²) in [4.78, 5) is 4.95. The number of piperazine rings is 1. The highest BCUT2D eigenvalue weighted by Gasteiger charge is 2.26. The summed E-state index contributed by atoms with van der Waals surface area (Å²) in [5.41, 5.74) is 2.29. The van der Waals surface area contributed by atoms with Crippen molar-refractivity contribution in [1.29, 1.82) is 0 Å². The Morgan fingerprint density at radius 3 is 2.44 bits per heavy atom. The first-order valence-corrected chi connectivity index (χ1v) is 11.1. The molecule has 1 fully saturated rings. The van der Waals surface area contributed by atoms with Crippen LogP contribution in [0.1, 0.15) is 24.4 Å². The van der Waals surface area contributed by atoms with E-state index in [0.717, 1.165) is 44.0 Å². The van der Waals surface area contributed by atoms with Gasteiger partial charge in [0.15, 0.2) is 0 Å². The molecule has 1 saturated heterocycles. The van der Waals surface area contributed by atoms with Gasteiger partial charge < -0.3 is 9.15 Å². The van der Waals surface area contributed by atoms with Gasteiger partial charge in [-0.2, -0.15) is 0 Å². The van der Waals surface area contributed by atoms with E-state index in [0.29, 0.717) is 11.8 Å². The van der Waals surface area contributed by atoms with Crippen molar-refractivity contribution in [2.45, 2.75) is 19.5 Å². The fraction of sp³-hybridized carbons (Fsp3) is 0.308. The largest absolute Gasteiger partial charge is 0.497 e. The van der Waals surface area contributed by atoms with Gasteiger partial charge in [0, 0.05) is 38.3 Å². The van der Waals surface area contributed by atoms with Crippen LogP contribution in [-0.4, -0.2) is 53.3 Å². The summed E-state index contributed by atoms with van der Waals surface area (Å²) in [6.07, 6.45) is 0. The Bertz CT molecular complexity index is 1170. The molecule has 6 nitrogen and oxygen atoms in total. The number of methoxy groups -OCH3 is 1. The maximum absolute atomic E-state index is 6.01. The van der Waals surface area contributed by atoms with Gasteiger partial charge in [-0.05, 0) is 47.5 Å². The predicted octanol–water partition coefficient (Wildman–Crippen LogP) is 4.78. The smallest absolute Gasteiger partial charge is 0.247 e. The second-order valence-electron chi connectivity index (χ2n) is 8.30. The Morgan fingerprint density at radius 1 is 0.906 bits per heavy atom. The van der Waals surface area contributed by atoms with Crippen LogP contribution >= 0.6 is 0 Å². The summed E-state index contributed by atoms with van der Waals surface area (Å²) in [5.74, 6) is 2.02. The van der Waals surface area contributed by atoms with Crippen LogP contribution in [0, 0.1) is 0 Å². The van der Waals surface area contributed by atoms with E-state index >= 15 is 0 Å². The molecule has 1 atom stereocenters. The number of nitrogens with zero attached hydrogens (tertiary/aromatic N) is 4. The molecule has 164 valence electrons. The SMILES string of the molecule is COc1ccc(-c2nnc([C@@H](C)N3CCN(Cc4cccc5ccccc45)CC3)o2)cc1. The van der Waals surface area contributed by atoms with Gasteiger partial charge in [0.25, 0.3) is 0 Å². The number of benzene rings is 3. The zero-order valence-electron chi connectivity index (χ0n) is 18.6. The predicted molar refractivity (Wildman–Crippen MR) is 125 cm³/mol. The fourth-order valence-electron chi connectivity index (χ4n) is 4.39. The number of fused-ring (bicyclic) bond motifs is 1. The normalized spacial score (nSPS) is 16.3. The lowest BCUT2D eigenvalue weighted by molar-refractivity contribution is 0.0878. The Kier molecular flexibility index (Phi) is 5.88. The molecule has 0 bridgehead atoms. The van der Waals surface area contributed by atoms with Crippen LogP contribution in [0.15, 0.2) is 71.1 Å². The van der Waals surface area contributed by atoms with Crippen LogP contribution in [0.25, 0.3) is 22.2 Å². The van der Waals surface area contributed by atoms with E-state index in [2.05, 4.69) is 69.4 Å². The van der Waals surface area contributed by atoms with E-state index in [1.807, 2.05) is 24.3 Å². The Balaban J connectivity index is 1.21. The van der Waals surface area contributed by atoms with Gasteiger partial charge in [-0.3, -0.25) is 9.80 Å². The maximum atomic E-state index is 6.01. The standard InChI is InChI=1S/C26H28N4O2/c1-19(25-27-28-26(32-25)21-10-12-23(31-2)13-11-21)30-16-14-29(15-17-30)18-22-8-5-7-20-6-3-4-9-24(20)22/h3-13,19H,14-18H2,1-2H3/t19-/m1/s1. The molecule has 0 N–H and O–H groups in total. The van der Waals surface area contributed by atoms with Crippen LogP contribution in [0.2, 0.25) is 0 Å². The monoisotopic (exact) mass is 428 g/mol. The Morgan fingerprint density at radius 2 is 1.66 bits per heavy atom. The molecular formula is C26H28N4O2. The average Bonchev–Trinajstić information content (AvgIpc) is 3.35. The van der Waals surface area contributed by atoms with Crippen LogP contribution in [-0.2, 0) is 6.54 Å². The van der Waals surface area contributed by atoms with Gasteiger partial charge in [-0.15, -0.1) is 10.2 Å². The summed E-state index contributed by atoms with van der Waals surface area (Å²) in [6, 6.07) is 23.0. The first-order chi connectivity index (χ1) is 15.7. The van der Waals surface area contributed by atoms with E-state index in [-0.39, 0.29) is 6.04 Å². The lowest BCUT2D eigenvalue weighted by atomic mass is 10.0. The molecular weight excluding hydrogens is 400 g/mol. The van der Waals surface area contributed by atoms with E-state index in [9.17, 15) is 0 Å². The third kappa shape index (κ3) is 4.24. The molecule has 32 heavy (non-hydrogen) atoms. The maximum Gasteiger partial charge on any atom is 0.247 e. The van der Waals surface area contributed by atoms with E-state index in [4.69, 9.17) is 9.15 Å². The second-order valence-corrected chi connectivity index (χ2v) is 8.30. The minimum absolute atomic E-state index is 0.0919. The van der Waals surface area contributed by atoms with Gasteiger partial charge in [0.2, 0.25) is 11.8 Å². The van der Waals surface area contributed by atoms with E-state index in [1.165, 1.54) is 16.3 Å². The Hall–Kier alpha value is -3.22. The first-order valence-electron chi connectivity index (χ1n) is 11.1. The topological polar surface area (TPSA) is 54.6 Å². The van der Waals surface area contributed by atoms with Crippen LogP contribution in [0.5, 0.6) is 5.75 Å². The third-order valence-corrected chi connectivity index (χ3v) is 6.36. The molecule has 0 radical (unpaired) electrons. The highest BCUT2D eigenvalue weighted by atomic mass is 16.5. The van der Waals surface area contributed by atoms with Gasteiger partial charge in [-0.1, -0.05) is 42.5 Å². The molecule has 0 saturated carbocycles. The number of aromatic nitrogens is 2. The van der Waals surface area contributed by atoms with Crippen molar-refractivity contribution in [2.24, 2.45) is 0 Å². The lowest BCUT2D eigenvalue weighted by Crippen LogP contribution is -2.46. The highest BCUT2D eigenvalue weighted by molar-refractivity contribution is 5.85. The van der Waals surface area contributed by atoms with Crippen molar-refractivity contribution in [3.63, 3.8) is 0 Å². The molecule has 0 aliphatic carbocycles. The highest BCUT2D eigenvalue weighted by Crippen LogP contribution is 2.27. The number of rotatable bonds is 6. The lowest BCUT2D eigenvalue weighted by Gasteiger charge is -2.37. The molecule has 0 spiro atoms. The number of ether oxygens (including phenoxy) is 1. The number of hydrogen-bond acceptors (Lipinski definition) is 6. The van der Waals surface area contributed by atoms with E-state index in [1.54, 1.807) is 7.11 Å². The van der Waals surface area contributed by atoms with Crippen molar-refractivity contribution in [3.8, 4) is 17.2 Å². The van der Waals surface area contributed by atoms with Crippen LogP contribution in [0.3, 0.4) is 0 Å². The quantitative estimate of drug-likeness (QED) is 0.441. The molecule has 1 aromatic heterocycles. The third-order valence-electron chi connectivity index (χ3n) is 6.36. The molecule has 0 unspecified atom stereocenters. The van der Waals surface area contributed by atoms with Crippen molar-refractivity contribution < 1.29 is 9.15 Å². The van der Waals surface area contributed by atoms with Gasteiger partial charge >= 0.3 is 0 Å². The molecule has 2 heterocycles. The second kappa shape index (κ2) is 9.10. The zero-order valence-corrected chi connectivity index (χ0v) is 18.6. The summed E-state index contributed by atoms with van der Waals surface area (Å²) in [6.45, 7) is 7.12. The van der Waals surface area contributed by atoms with Crippen LogP contribution < -0.4 is 4.74 Å². The summed E-state index contributed by atoms with van der Waals surface area (Å²) in [5, 5.41) is 11.2. The summed E-state index contributed by atoms with van der Waals surface area (Å²) < 4.78 is 11.2. The van der Waals surface area contributed by atoms with Crippen molar-refractivity contribution in [1.82, 2.24) is 20.0 Å². The summed E-state index contributed by atoms with van der Waals surface area (Å²) >= 11 is 0. The molecule has 4 aromatic rings. The molecule has 5 rings (SSSR count). The molecule has 1 aliphatic heterocycles. The molecule has 0 amide bonds. The van der Waals surface area contributed by atoms with Crippen LogP contribution in [0.4, 0.5) is 0 Å². The molecule has 1 aliphatic rings. The van der Waals surface area contributed by atoms with Gasteiger partial charge in [0.05, 0.1) is 13.2 Å². The van der Waals surface area contributed by atoms with Crippen molar-refractivity contribution in [3.05, 3.63) is 78.2 Å². The minimum atomic E-state index is 0.0919. The van der Waals surface area contributed by atoms with E-state index < -0.39 is 0 Å². The van der Waals surface area contributed by atoms with Crippen molar-refractivity contribution in [2.75, 3.05) is 33.3 Å². The minimum Gasteiger partial charge on any atom is -0.497 e. The average molecular weight is 429 g/mol. The fourth-order valence-corrected chi connectivity index (χ4v) is 4.39. The molecule has 6 heteroatoms. The molecule has 3 aromatic carbocycles. The van der Waals surface area contributed by atoms with Crippen molar-refractivity contribution >= 4 is 10.8 Å². The summed E-state index contributed by atoms with van der Waals surface area (Å²) in [7, 11) is 1.66. The van der Waals surface area contributed by atoms with Gasteiger partial charge in [0.1, 0.15) is 5.75 Å². The first kappa shape index (κ1) is 20.7. The zero-order chi connectivity index (χ0) is 21.9. The Labute approximate surface area is 188 Å². The van der Waals surface area contributed by atoms with Gasteiger partial charge in [-0.25, -0.2) is 0 Å².